The lowest BCUT2D eigenvalue weighted by Crippen LogP contribution is -2.33. The summed E-state index contributed by atoms with van der Waals surface area (Å²) in [6, 6.07) is 32.8. The third-order valence-electron chi connectivity index (χ3n) is 7.04. The molecule has 7 heteroatoms. The molecular weight excluding hydrogens is 504 g/mol. The minimum atomic E-state index is -0.958. The van der Waals surface area contributed by atoms with E-state index in [0.717, 1.165) is 27.8 Å². The van der Waals surface area contributed by atoms with Gasteiger partial charge in [-0.25, -0.2) is 4.79 Å². The molecule has 0 atom stereocenters. The molecule has 0 saturated carbocycles. The second-order valence-corrected chi connectivity index (χ2v) is 9.77. The molecule has 40 heavy (non-hydrogen) atoms. The van der Waals surface area contributed by atoms with Crippen molar-refractivity contribution < 1.29 is 24.2 Å². The normalized spacial score (nSPS) is 11.8. The highest BCUT2D eigenvalue weighted by Crippen LogP contribution is 2.44. The third-order valence-corrected chi connectivity index (χ3v) is 7.04. The highest BCUT2D eigenvalue weighted by atomic mass is 16.5. The Morgan fingerprint density at radius 1 is 0.775 bits per heavy atom. The number of rotatable bonds is 10. The van der Waals surface area contributed by atoms with Gasteiger partial charge in [0.25, 0.3) is 0 Å². The van der Waals surface area contributed by atoms with Gasteiger partial charge in [0.1, 0.15) is 6.61 Å². The molecule has 4 aromatic carbocycles. The fourth-order valence-corrected chi connectivity index (χ4v) is 5.12. The maximum Gasteiger partial charge on any atom is 0.411 e. The molecule has 4 aromatic rings. The summed E-state index contributed by atoms with van der Waals surface area (Å²) in [5.74, 6) is -1.19. The molecule has 0 aliphatic heterocycles. The number of benzene rings is 4. The number of anilines is 1. The van der Waals surface area contributed by atoms with Crippen LogP contribution >= 0.6 is 0 Å². The van der Waals surface area contributed by atoms with E-state index in [9.17, 15) is 14.4 Å². The summed E-state index contributed by atoms with van der Waals surface area (Å²) in [5.41, 5.74) is 6.74. The minimum absolute atomic E-state index is 0.0384. The van der Waals surface area contributed by atoms with Crippen molar-refractivity contribution in [3.8, 4) is 11.1 Å². The van der Waals surface area contributed by atoms with Crippen molar-refractivity contribution in [3.05, 3.63) is 125 Å². The molecule has 0 aromatic heterocycles. The number of carboxylic acids is 1. The maximum atomic E-state index is 13.1. The first kappa shape index (κ1) is 26.7. The summed E-state index contributed by atoms with van der Waals surface area (Å²) < 4.78 is 5.64. The van der Waals surface area contributed by atoms with Crippen molar-refractivity contribution in [3.63, 3.8) is 0 Å². The summed E-state index contributed by atoms with van der Waals surface area (Å²) in [5, 5.41) is 11.9. The van der Waals surface area contributed by atoms with Crippen LogP contribution in [0.5, 0.6) is 0 Å². The lowest BCUT2D eigenvalue weighted by molar-refractivity contribution is -0.138. The standard InChI is InChI=1S/C33H30N2O5/c36-31(35(18-17-32(37)38)21-23-9-2-1-3-10-23)20-24-11-8-12-25(19-24)34-33(39)40-22-30-28-15-6-4-13-26(28)27-14-5-7-16-29(27)30/h1-16,19,30H,17-18,20-22H2,(H,34,39)(H,37,38). The fourth-order valence-electron chi connectivity index (χ4n) is 5.12. The number of carboxylic acid groups (broad SMARTS) is 1. The second-order valence-electron chi connectivity index (χ2n) is 9.77. The minimum Gasteiger partial charge on any atom is -0.481 e. The van der Waals surface area contributed by atoms with Crippen LogP contribution in [0, 0.1) is 0 Å². The average Bonchev–Trinajstić information content (AvgIpc) is 3.28. The van der Waals surface area contributed by atoms with Crippen LogP contribution in [-0.2, 0) is 27.3 Å². The molecule has 0 radical (unpaired) electrons. The Bertz CT molecular complexity index is 1470. The molecule has 2 amide bonds. The van der Waals surface area contributed by atoms with E-state index in [1.54, 1.807) is 29.2 Å². The fraction of sp³-hybridized carbons (Fsp3) is 0.182. The summed E-state index contributed by atoms with van der Waals surface area (Å²) >= 11 is 0. The largest absolute Gasteiger partial charge is 0.481 e. The highest BCUT2D eigenvalue weighted by Gasteiger charge is 2.29. The van der Waals surface area contributed by atoms with Gasteiger partial charge in [0.15, 0.2) is 0 Å². The molecular formula is C33H30N2O5. The van der Waals surface area contributed by atoms with Crippen LogP contribution in [0.15, 0.2) is 103 Å². The van der Waals surface area contributed by atoms with E-state index in [1.165, 1.54) is 0 Å². The molecule has 0 saturated heterocycles. The lowest BCUT2D eigenvalue weighted by atomic mass is 9.98. The number of hydrogen-bond donors (Lipinski definition) is 2. The van der Waals surface area contributed by atoms with Crippen molar-refractivity contribution in [1.29, 1.82) is 0 Å². The topological polar surface area (TPSA) is 95.9 Å². The summed E-state index contributed by atoms with van der Waals surface area (Å²) in [4.78, 5) is 38.6. The zero-order valence-corrected chi connectivity index (χ0v) is 22.0. The maximum absolute atomic E-state index is 13.1. The molecule has 0 spiro atoms. The van der Waals surface area contributed by atoms with Crippen LogP contribution in [0.1, 0.15) is 34.6 Å². The number of carbonyl (C=O) groups is 3. The Kier molecular flexibility index (Phi) is 8.21. The van der Waals surface area contributed by atoms with E-state index in [-0.39, 0.29) is 37.8 Å². The molecule has 1 aliphatic rings. The zero-order valence-electron chi connectivity index (χ0n) is 22.0. The van der Waals surface area contributed by atoms with E-state index in [1.807, 2.05) is 54.6 Å². The number of carbonyl (C=O) groups excluding carboxylic acids is 2. The molecule has 1 aliphatic carbocycles. The Hall–Kier alpha value is -4.91. The van der Waals surface area contributed by atoms with Gasteiger partial charge in [-0.2, -0.15) is 0 Å². The summed E-state index contributed by atoms with van der Waals surface area (Å²) in [6.45, 7) is 0.640. The highest BCUT2D eigenvalue weighted by molar-refractivity contribution is 5.86. The Labute approximate surface area is 233 Å². The van der Waals surface area contributed by atoms with Crippen molar-refractivity contribution >= 4 is 23.7 Å². The first-order valence-corrected chi connectivity index (χ1v) is 13.2. The Balaban J connectivity index is 1.21. The number of ether oxygens (including phenoxy) is 1. The summed E-state index contributed by atoms with van der Waals surface area (Å²) in [7, 11) is 0. The van der Waals surface area contributed by atoms with E-state index in [2.05, 4.69) is 29.6 Å². The molecule has 202 valence electrons. The van der Waals surface area contributed by atoms with Gasteiger partial charge >= 0.3 is 12.1 Å². The van der Waals surface area contributed by atoms with Gasteiger partial charge in [-0.1, -0.05) is 91.0 Å². The number of hydrogen-bond acceptors (Lipinski definition) is 4. The van der Waals surface area contributed by atoms with Gasteiger partial charge in [0.2, 0.25) is 5.91 Å². The Morgan fingerprint density at radius 2 is 1.40 bits per heavy atom. The zero-order chi connectivity index (χ0) is 27.9. The van der Waals surface area contributed by atoms with Crippen LogP contribution in [0.25, 0.3) is 11.1 Å². The van der Waals surface area contributed by atoms with Crippen LogP contribution in [0.4, 0.5) is 10.5 Å². The average molecular weight is 535 g/mol. The van der Waals surface area contributed by atoms with E-state index in [0.29, 0.717) is 17.8 Å². The third kappa shape index (κ3) is 6.38. The molecule has 5 rings (SSSR count). The van der Waals surface area contributed by atoms with Crippen LogP contribution < -0.4 is 5.32 Å². The van der Waals surface area contributed by atoms with E-state index in [4.69, 9.17) is 9.84 Å². The van der Waals surface area contributed by atoms with Gasteiger partial charge in [-0.15, -0.1) is 0 Å². The van der Waals surface area contributed by atoms with Crippen molar-refractivity contribution in [2.75, 3.05) is 18.5 Å². The molecule has 7 nitrogen and oxygen atoms in total. The molecule has 0 bridgehead atoms. The van der Waals surface area contributed by atoms with Gasteiger partial charge in [0, 0.05) is 24.7 Å². The van der Waals surface area contributed by atoms with Crippen molar-refractivity contribution in [2.45, 2.75) is 25.3 Å². The Morgan fingerprint density at radius 3 is 2.08 bits per heavy atom. The van der Waals surface area contributed by atoms with Crippen molar-refractivity contribution in [1.82, 2.24) is 4.90 Å². The van der Waals surface area contributed by atoms with Crippen LogP contribution in [0.2, 0.25) is 0 Å². The first-order valence-electron chi connectivity index (χ1n) is 13.2. The monoisotopic (exact) mass is 534 g/mol. The number of fused-ring (bicyclic) bond motifs is 3. The number of aliphatic carboxylic acids is 1. The smallest absolute Gasteiger partial charge is 0.411 e. The molecule has 0 fully saturated rings. The predicted octanol–water partition coefficient (Wildman–Crippen LogP) is 6.09. The number of nitrogens with zero attached hydrogens (tertiary/aromatic N) is 1. The van der Waals surface area contributed by atoms with Gasteiger partial charge in [-0.3, -0.25) is 14.9 Å². The van der Waals surface area contributed by atoms with Crippen molar-refractivity contribution in [2.24, 2.45) is 0 Å². The molecule has 0 heterocycles. The van der Waals surface area contributed by atoms with E-state index >= 15 is 0 Å². The molecule has 0 unspecified atom stereocenters. The molecule has 2 N–H and O–H groups in total. The first-order chi connectivity index (χ1) is 19.5. The summed E-state index contributed by atoms with van der Waals surface area (Å²) in [6.07, 6.45) is -0.633. The second kappa shape index (κ2) is 12.3. The van der Waals surface area contributed by atoms with Gasteiger partial charge in [-0.05, 0) is 45.5 Å². The SMILES string of the molecule is O=C(O)CCN(Cc1ccccc1)C(=O)Cc1cccc(NC(=O)OCC2c3ccccc3-c3ccccc32)c1. The lowest BCUT2D eigenvalue weighted by Gasteiger charge is -2.22. The number of nitrogens with one attached hydrogen (secondary N) is 1. The number of amides is 2. The van der Waals surface area contributed by atoms with E-state index < -0.39 is 12.1 Å². The van der Waals surface area contributed by atoms with Crippen LogP contribution in [0.3, 0.4) is 0 Å². The quantitative estimate of drug-likeness (QED) is 0.257. The van der Waals surface area contributed by atoms with Gasteiger partial charge in [0.05, 0.1) is 12.8 Å². The van der Waals surface area contributed by atoms with Gasteiger partial charge < -0.3 is 14.7 Å². The van der Waals surface area contributed by atoms with Crippen LogP contribution in [-0.4, -0.2) is 41.1 Å². The predicted molar refractivity (Wildman–Crippen MR) is 153 cm³/mol.